The van der Waals surface area contributed by atoms with Gasteiger partial charge in [-0.1, -0.05) is 23.7 Å². The smallest absolute Gasteiger partial charge is 0.223 e. The molecule has 22 heavy (non-hydrogen) atoms. The molecule has 0 aliphatic carbocycles. The lowest BCUT2D eigenvalue weighted by Gasteiger charge is -2.31. The molecule has 4 nitrogen and oxygen atoms in total. The molecular weight excluding hydrogens is 300 g/mol. The minimum atomic E-state index is 0.0713. The molecule has 0 saturated carbocycles. The van der Waals surface area contributed by atoms with Gasteiger partial charge < -0.3 is 10.1 Å². The molecule has 1 heterocycles. The van der Waals surface area contributed by atoms with Crippen LogP contribution in [0.5, 0.6) is 0 Å². The van der Waals surface area contributed by atoms with E-state index in [2.05, 4.69) is 16.3 Å². The Bertz CT molecular complexity index is 487. The van der Waals surface area contributed by atoms with Crippen molar-refractivity contribution in [2.75, 3.05) is 26.8 Å². The molecule has 1 N–H and O–H groups in total. The van der Waals surface area contributed by atoms with Crippen molar-refractivity contribution in [1.82, 2.24) is 10.2 Å². The molecule has 0 bridgehead atoms. The van der Waals surface area contributed by atoms with Crippen LogP contribution in [0, 0.1) is 5.92 Å². The molecule has 0 unspecified atom stereocenters. The van der Waals surface area contributed by atoms with Crippen molar-refractivity contribution in [3.8, 4) is 0 Å². The zero-order chi connectivity index (χ0) is 15.9. The summed E-state index contributed by atoms with van der Waals surface area (Å²) in [6.45, 7) is 5.32. The highest BCUT2D eigenvalue weighted by atomic mass is 35.5. The van der Waals surface area contributed by atoms with Crippen molar-refractivity contribution < 1.29 is 9.53 Å². The number of carbonyl (C=O) groups excluding carboxylic acids is 1. The van der Waals surface area contributed by atoms with Gasteiger partial charge in [-0.15, -0.1) is 0 Å². The third-order valence-corrected chi connectivity index (χ3v) is 4.29. The number of likely N-dealkylation sites (tertiary alicyclic amines) is 1. The van der Waals surface area contributed by atoms with E-state index >= 15 is 0 Å². The first kappa shape index (κ1) is 17.3. The van der Waals surface area contributed by atoms with E-state index in [1.807, 2.05) is 25.1 Å². The number of rotatable bonds is 6. The van der Waals surface area contributed by atoms with Crippen LogP contribution in [0.1, 0.15) is 25.3 Å². The molecule has 0 spiro atoms. The molecule has 1 aliphatic heterocycles. The largest absolute Gasteiger partial charge is 0.383 e. The fourth-order valence-electron chi connectivity index (χ4n) is 2.90. The zero-order valence-corrected chi connectivity index (χ0v) is 14.1. The summed E-state index contributed by atoms with van der Waals surface area (Å²) in [7, 11) is 1.65. The van der Waals surface area contributed by atoms with Crippen LogP contribution in [-0.2, 0) is 16.1 Å². The molecular formula is C17H25ClN2O2. The zero-order valence-electron chi connectivity index (χ0n) is 13.3. The van der Waals surface area contributed by atoms with Crippen LogP contribution in [-0.4, -0.2) is 43.7 Å². The number of methoxy groups -OCH3 is 1. The van der Waals surface area contributed by atoms with Crippen molar-refractivity contribution in [3.63, 3.8) is 0 Å². The van der Waals surface area contributed by atoms with Gasteiger partial charge in [-0.05, 0) is 50.6 Å². The number of nitrogens with one attached hydrogen (secondary N) is 1. The molecule has 122 valence electrons. The van der Waals surface area contributed by atoms with E-state index in [0.717, 1.165) is 37.5 Å². The van der Waals surface area contributed by atoms with Gasteiger partial charge >= 0.3 is 0 Å². The Morgan fingerprint density at radius 2 is 2.18 bits per heavy atom. The van der Waals surface area contributed by atoms with Gasteiger partial charge in [0.2, 0.25) is 5.91 Å². The molecule has 0 aromatic heterocycles. The quantitative estimate of drug-likeness (QED) is 0.874. The first-order chi connectivity index (χ1) is 10.6. The fraction of sp³-hybridized carbons (Fsp3) is 0.588. The lowest BCUT2D eigenvalue weighted by atomic mass is 9.95. The number of hydrogen-bond donors (Lipinski definition) is 1. The van der Waals surface area contributed by atoms with Crippen LogP contribution in [0.3, 0.4) is 0 Å². The van der Waals surface area contributed by atoms with Gasteiger partial charge in [0.1, 0.15) is 0 Å². The summed E-state index contributed by atoms with van der Waals surface area (Å²) in [4.78, 5) is 14.6. The van der Waals surface area contributed by atoms with Crippen LogP contribution in [0.25, 0.3) is 0 Å². The SMILES string of the molecule is COC[C@H](C)NC(=O)C1CCN(Cc2cccc(Cl)c2)CC1. The number of ether oxygens (including phenoxy) is 1. The second-order valence-corrected chi connectivity index (χ2v) is 6.48. The topological polar surface area (TPSA) is 41.6 Å². The van der Waals surface area contributed by atoms with Crippen LogP contribution in [0.2, 0.25) is 5.02 Å². The normalized spacial score (nSPS) is 18.1. The van der Waals surface area contributed by atoms with Crippen molar-refractivity contribution in [1.29, 1.82) is 0 Å². The Balaban J connectivity index is 1.76. The van der Waals surface area contributed by atoms with Gasteiger partial charge in [-0.2, -0.15) is 0 Å². The molecule has 1 aliphatic rings. The summed E-state index contributed by atoms with van der Waals surface area (Å²) in [5.74, 6) is 0.280. The summed E-state index contributed by atoms with van der Waals surface area (Å²) in [5, 5.41) is 3.80. The second kappa shape index (κ2) is 8.51. The third-order valence-electron chi connectivity index (χ3n) is 4.06. The minimum absolute atomic E-state index is 0.0713. The summed E-state index contributed by atoms with van der Waals surface area (Å²) >= 11 is 6.02. The Labute approximate surface area is 137 Å². The van der Waals surface area contributed by atoms with Gasteiger partial charge in [0, 0.05) is 30.6 Å². The molecule has 1 atom stereocenters. The van der Waals surface area contributed by atoms with Gasteiger partial charge in [-0.25, -0.2) is 0 Å². The highest BCUT2D eigenvalue weighted by Gasteiger charge is 2.25. The summed E-state index contributed by atoms with van der Waals surface area (Å²) in [5.41, 5.74) is 1.23. The lowest BCUT2D eigenvalue weighted by Crippen LogP contribution is -2.44. The average molecular weight is 325 g/mol. The van der Waals surface area contributed by atoms with Crippen LogP contribution >= 0.6 is 11.6 Å². The predicted octanol–water partition coefficient (Wildman–Crippen LogP) is 2.70. The van der Waals surface area contributed by atoms with E-state index < -0.39 is 0 Å². The van der Waals surface area contributed by atoms with E-state index in [0.29, 0.717) is 6.61 Å². The lowest BCUT2D eigenvalue weighted by molar-refractivity contribution is -0.127. The molecule has 5 heteroatoms. The van der Waals surface area contributed by atoms with E-state index in [9.17, 15) is 4.79 Å². The Hall–Kier alpha value is -1.10. The van der Waals surface area contributed by atoms with E-state index in [1.54, 1.807) is 7.11 Å². The molecule has 1 amide bonds. The predicted molar refractivity (Wildman–Crippen MR) is 88.9 cm³/mol. The maximum Gasteiger partial charge on any atom is 0.223 e. The summed E-state index contributed by atoms with van der Waals surface area (Å²) in [6.07, 6.45) is 1.82. The van der Waals surface area contributed by atoms with Crippen LogP contribution in [0.15, 0.2) is 24.3 Å². The number of nitrogens with zero attached hydrogens (tertiary/aromatic N) is 1. The van der Waals surface area contributed by atoms with Gasteiger partial charge in [-0.3, -0.25) is 9.69 Å². The molecule has 0 radical (unpaired) electrons. The van der Waals surface area contributed by atoms with E-state index in [4.69, 9.17) is 16.3 Å². The number of amides is 1. The maximum atomic E-state index is 12.2. The third kappa shape index (κ3) is 5.27. The molecule has 1 aromatic rings. The first-order valence-corrected chi connectivity index (χ1v) is 8.22. The van der Waals surface area contributed by atoms with Crippen LogP contribution < -0.4 is 5.32 Å². The number of piperidine rings is 1. The molecule has 1 aromatic carbocycles. The monoisotopic (exact) mass is 324 g/mol. The molecule has 2 rings (SSSR count). The first-order valence-electron chi connectivity index (χ1n) is 7.84. The number of carbonyl (C=O) groups is 1. The maximum absolute atomic E-state index is 12.2. The van der Waals surface area contributed by atoms with E-state index in [1.165, 1.54) is 5.56 Å². The van der Waals surface area contributed by atoms with Crippen molar-refractivity contribution in [2.45, 2.75) is 32.4 Å². The fourth-order valence-corrected chi connectivity index (χ4v) is 3.11. The highest BCUT2D eigenvalue weighted by Crippen LogP contribution is 2.20. The van der Waals surface area contributed by atoms with Gasteiger partial charge in [0.05, 0.1) is 6.61 Å². The Morgan fingerprint density at radius 3 is 2.82 bits per heavy atom. The summed E-state index contributed by atoms with van der Waals surface area (Å²) in [6, 6.07) is 8.05. The highest BCUT2D eigenvalue weighted by molar-refractivity contribution is 6.30. The van der Waals surface area contributed by atoms with Crippen molar-refractivity contribution >= 4 is 17.5 Å². The number of halogens is 1. The second-order valence-electron chi connectivity index (χ2n) is 6.05. The molecule has 1 fully saturated rings. The molecule has 1 saturated heterocycles. The van der Waals surface area contributed by atoms with Crippen molar-refractivity contribution in [2.24, 2.45) is 5.92 Å². The number of hydrogen-bond acceptors (Lipinski definition) is 3. The van der Waals surface area contributed by atoms with Crippen LogP contribution in [0.4, 0.5) is 0 Å². The van der Waals surface area contributed by atoms with Gasteiger partial charge in [0.15, 0.2) is 0 Å². The minimum Gasteiger partial charge on any atom is -0.383 e. The number of benzene rings is 1. The Morgan fingerprint density at radius 1 is 1.45 bits per heavy atom. The van der Waals surface area contributed by atoms with Gasteiger partial charge in [0.25, 0.3) is 0 Å². The van der Waals surface area contributed by atoms with Crippen molar-refractivity contribution in [3.05, 3.63) is 34.9 Å². The Kier molecular flexibility index (Phi) is 6.68. The standard InChI is InChI=1S/C17H25ClN2O2/c1-13(12-22-2)19-17(21)15-6-8-20(9-7-15)11-14-4-3-5-16(18)10-14/h3-5,10,13,15H,6-9,11-12H2,1-2H3,(H,19,21)/t13-/m0/s1. The average Bonchev–Trinajstić information content (AvgIpc) is 2.48. The summed E-state index contributed by atoms with van der Waals surface area (Å²) < 4.78 is 5.05. The van der Waals surface area contributed by atoms with E-state index in [-0.39, 0.29) is 17.9 Å².